The molecule has 0 radical (unpaired) electrons. The Morgan fingerprint density at radius 3 is 2.48 bits per heavy atom. The third kappa shape index (κ3) is 3.23. The van der Waals surface area contributed by atoms with Gasteiger partial charge < -0.3 is 10.5 Å². The van der Waals surface area contributed by atoms with Gasteiger partial charge in [-0.15, -0.1) is 0 Å². The first-order valence-corrected chi connectivity index (χ1v) is 7.37. The number of benzene rings is 1. The number of esters is 1. The smallest absolute Gasteiger partial charge is 0.338 e. The third-order valence-corrected chi connectivity index (χ3v) is 3.63. The number of hydrogen-bond donors (Lipinski definition) is 1. The molecule has 1 aromatic carbocycles. The third-order valence-electron chi connectivity index (χ3n) is 3.63. The molecule has 0 saturated carbocycles. The van der Waals surface area contributed by atoms with Gasteiger partial charge in [0.25, 0.3) is 17.7 Å². The topological polar surface area (TPSA) is 107 Å². The lowest BCUT2D eigenvalue weighted by Gasteiger charge is -2.12. The average Bonchev–Trinajstić information content (AvgIpc) is 2.76. The Kier molecular flexibility index (Phi) is 4.78. The molecular formula is C16H18N2O5. The van der Waals surface area contributed by atoms with Gasteiger partial charge in [0, 0.05) is 6.54 Å². The molecule has 122 valence electrons. The highest BCUT2D eigenvalue weighted by Gasteiger charge is 2.35. The van der Waals surface area contributed by atoms with Gasteiger partial charge in [0.2, 0.25) is 0 Å². The molecule has 0 saturated heterocycles. The SMILES string of the molecule is CCCCN1C(=O)c2ccc(C(=O)O[C@@H](C)C(N)=O)cc2C1=O. The molecule has 2 N–H and O–H groups in total. The van der Waals surface area contributed by atoms with E-state index >= 15 is 0 Å². The first-order chi connectivity index (χ1) is 10.9. The molecule has 7 nitrogen and oxygen atoms in total. The van der Waals surface area contributed by atoms with Crippen LogP contribution < -0.4 is 5.73 Å². The summed E-state index contributed by atoms with van der Waals surface area (Å²) in [5.41, 5.74) is 5.57. The van der Waals surface area contributed by atoms with Crippen molar-refractivity contribution in [1.82, 2.24) is 4.90 Å². The Morgan fingerprint density at radius 2 is 1.87 bits per heavy atom. The summed E-state index contributed by atoms with van der Waals surface area (Å²) in [6.07, 6.45) is 0.501. The summed E-state index contributed by atoms with van der Waals surface area (Å²) < 4.78 is 4.89. The molecule has 0 aromatic heterocycles. The van der Waals surface area contributed by atoms with E-state index < -0.39 is 23.9 Å². The Balaban J connectivity index is 2.23. The second kappa shape index (κ2) is 6.60. The van der Waals surface area contributed by atoms with Crippen LogP contribution in [0.3, 0.4) is 0 Å². The molecule has 7 heteroatoms. The number of ether oxygens (including phenoxy) is 1. The maximum Gasteiger partial charge on any atom is 0.338 e. The summed E-state index contributed by atoms with van der Waals surface area (Å²) >= 11 is 0. The van der Waals surface area contributed by atoms with Crippen molar-refractivity contribution in [3.8, 4) is 0 Å². The van der Waals surface area contributed by atoms with Crippen LogP contribution in [0, 0.1) is 0 Å². The lowest BCUT2D eigenvalue weighted by molar-refractivity contribution is -0.125. The predicted octanol–water partition coefficient (Wildman–Crippen LogP) is 1.11. The summed E-state index contributed by atoms with van der Waals surface area (Å²) in [6.45, 7) is 3.67. The molecule has 1 atom stereocenters. The predicted molar refractivity (Wildman–Crippen MR) is 80.8 cm³/mol. The van der Waals surface area contributed by atoms with Gasteiger partial charge in [-0.1, -0.05) is 13.3 Å². The number of unbranched alkanes of at least 4 members (excludes halogenated alkanes) is 1. The lowest BCUT2D eigenvalue weighted by Crippen LogP contribution is -2.30. The fourth-order valence-electron chi connectivity index (χ4n) is 2.22. The van der Waals surface area contributed by atoms with E-state index in [1.54, 1.807) is 0 Å². The second-order valence-corrected chi connectivity index (χ2v) is 5.33. The van der Waals surface area contributed by atoms with E-state index in [4.69, 9.17) is 10.5 Å². The van der Waals surface area contributed by atoms with Crippen LogP contribution in [0.2, 0.25) is 0 Å². The van der Waals surface area contributed by atoms with Gasteiger partial charge in [-0.2, -0.15) is 0 Å². The molecule has 1 heterocycles. The molecule has 0 unspecified atom stereocenters. The minimum atomic E-state index is -1.07. The molecule has 1 aliphatic heterocycles. The van der Waals surface area contributed by atoms with Crippen LogP contribution in [-0.2, 0) is 9.53 Å². The Morgan fingerprint density at radius 1 is 1.22 bits per heavy atom. The van der Waals surface area contributed by atoms with Crippen molar-refractivity contribution in [2.75, 3.05) is 6.54 Å². The Labute approximate surface area is 133 Å². The van der Waals surface area contributed by atoms with E-state index in [0.717, 1.165) is 12.8 Å². The summed E-state index contributed by atoms with van der Waals surface area (Å²) in [4.78, 5) is 48.6. The van der Waals surface area contributed by atoms with Gasteiger partial charge in [-0.25, -0.2) is 4.79 Å². The summed E-state index contributed by atoms with van der Waals surface area (Å²) in [7, 11) is 0. The molecule has 0 bridgehead atoms. The summed E-state index contributed by atoms with van der Waals surface area (Å²) in [6, 6.07) is 4.13. The molecular weight excluding hydrogens is 300 g/mol. The van der Waals surface area contributed by atoms with E-state index in [-0.39, 0.29) is 22.6 Å². The highest BCUT2D eigenvalue weighted by molar-refractivity contribution is 6.21. The molecule has 0 fully saturated rings. The van der Waals surface area contributed by atoms with Gasteiger partial charge >= 0.3 is 5.97 Å². The number of nitrogens with zero attached hydrogens (tertiary/aromatic N) is 1. The van der Waals surface area contributed by atoms with Gasteiger partial charge in [-0.3, -0.25) is 19.3 Å². The highest BCUT2D eigenvalue weighted by atomic mass is 16.5. The number of primary amides is 1. The minimum Gasteiger partial charge on any atom is -0.449 e. The van der Waals surface area contributed by atoms with E-state index in [9.17, 15) is 19.2 Å². The number of amides is 3. The largest absolute Gasteiger partial charge is 0.449 e. The maximum atomic E-state index is 12.3. The molecule has 23 heavy (non-hydrogen) atoms. The van der Waals surface area contributed by atoms with Crippen LogP contribution in [0.1, 0.15) is 57.8 Å². The standard InChI is InChI=1S/C16H18N2O5/c1-3-4-7-18-14(20)11-6-5-10(8-12(11)15(18)21)16(22)23-9(2)13(17)19/h5-6,8-9H,3-4,7H2,1-2H3,(H2,17,19)/t9-/m0/s1. The zero-order valence-electron chi connectivity index (χ0n) is 13.0. The molecule has 0 aliphatic carbocycles. The van der Waals surface area contributed by atoms with Crippen molar-refractivity contribution >= 4 is 23.7 Å². The van der Waals surface area contributed by atoms with Crippen LogP contribution in [0.15, 0.2) is 18.2 Å². The molecule has 1 aliphatic rings. The number of fused-ring (bicyclic) bond motifs is 1. The van der Waals surface area contributed by atoms with Crippen LogP contribution >= 0.6 is 0 Å². The second-order valence-electron chi connectivity index (χ2n) is 5.33. The number of rotatable bonds is 6. The number of carbonyl (C=O) groups is 4. The number of imide groups is 1. The first kappa shape index (κ1) is 16.7. The quantitative estimate of drug-likeness (QED) is 0.624. The van der Waals surface area contributed by atoms with Crippen LogP contribution in [0.4, 0.5) is 0 Å². The highest BCUT2D eigenvalue weighted by Crippen LogP contribution is 2.24. The normalized spacial score (nSPS) is 14.6. The average molecular weight is 318 g/mol. The molecule has 3 amide bonds. The van der Waals surface area contributed by atoms with Crippen molar-refractivity contribution < 1.29 is 23.9 Å². The zero-order chi connectivity index (χ0) is 17.1. The van der Waals surface area contributed by atoms with Crippen molar-refractivity contribution in [2.45, 2.75) is 32.8 Å². The molecule has 1 aromatic rings. The number of hydrogen-bond acceptors (Lipinski definition) is 5. The molecule has 2 rings (SSSR count). The maximum absolute atomic E-state index is 12.3. The number of carbonyl (C=O) groups excluding carboxylic acids is 4. The van der Waals surface area contributed by atoms with Gasteiger partial charge in [0.05, 0.1) is 16.7 Å². The van der Waals surface area contributed by atoms with Crippen molar-refractivity contribution in [3.63, 3.8) is 0 Å². The van der Waals surface area contributed by atoms with Crippen LogP contribution in [-0.4, -0.2) is 41.2 Å². The first-order valence-electron chi connectivity index (χ1n) is 7.37. The minimum absolute atomic E-state index is 0.0929. The van der Waals surface area contributed by atoms with Gasteiger partial charge in [-0.05, 0) is 31.5 Å². The summed E-state index contributed by atoms with van der Waals surface area (Å²) in [5.74, 6) is -2.32. The lowest BCUT2D eigenvalue weighted by atomic mass is 10.1. The van der Waals surface area contributed by atoms with Crippen molar-refractivity contribution in [2.24, 2.45) is 5.73 Å². The Hall–Kier alpha value is -2.70. The van der Waals surface area contributed by atoms with Gasteiger partial charge in [0.15, 0.2) is 6.10 Å². The van der Waals surface area contributed by atoms with Gasteiger partial charge in [0.1, 0.15) is 0 Å². The van der Waals surface area contributed by atoms with E-state index in [2.05, 4.69) is 0 Å². The summed E-state index contributed by atoms with van der Waals surface area (Å²) in [5, 5.41) is 0. The van der Waals surface area contributed by atoms with E-state index in [1.165, 1.54) is 30.0 Å². The fourth-order valence-corrected chi connectivity index (χ4v) is 2.22. The van der Waals surface area contributed by atoms with E-state index in [0.29, 0.717) is 6.54 Å². The van der Waals surface area contributed by atoms with Crippen molar-refractivity contribution in [1.29, 1.82) is 0 Å². The van der Waals surface area contributed by atoms with E-state index in [1.807, 2.05) is 6.92 Å². The monoisotopic (exact) mass is 318 g/mol. The fraction of sp³-hybridized carbons (Fsp3) is 0.375. The molecule has 0 spiro atoms. The Bertz CT molecular complexity index is 683. The van der Waals surface area contributed by atoms with Crippen molar-refractivity contribution in [3.05, 3.63) is 34.9 Å². The van der Waals surface area contributed by atoms with Crippen LogP contribution in [0.5, 0.6) is 0 Å². The zero-order valence-corrected chi connectivity index (χ0v) is 13.0. The van der Waals surface area contributed by atoms with Crippen LogP contribution in [0.25, 0.3) is 0 Å². The number of nitrogens with two attached hydrogens (primary N) is 1.